The van der Waals surface area contributed by atoms with Gasteiger partial charge in [0.2, 0.25) is 0 Å². The van der Waals surface area contributed by atoms with E-state index in [1.54, 1.807) is 18.2 Å². The number of rotatable bonds is 3. The number of nitrogens with zero attached hydrogens (tertiary/aromatic N) is 1. The number of benzene rings is 2. The largest absolute Gasteiger partial charge is 0.457 e. The van der Waals surface area contributed by atoms with Crippen LogP contribution in [0.25, 0.3) is 23.0 Å². The molecule has 1 heterocycles. The molecule has 0 radical (unpaired) electrons. The maximum atomic E-state index is 9.38. The molecule has 2 nitrogen and oxygen atoms in total. The molecule has 0 unspecified atom stereocenters. The first kappa shape index (κ1) is 15.6. The minimum Gasteiger partial charge on any atom is -0.457 e. The van der Waals surface area contributed by atoms with E-state index in [0.717, 1.165) is 21.4 Å². The topological polar surface area (TPSA) is 36.9 Å². The van der Waals surface area contributed by atoms with Crippen LogP contribution < -0.4 is 0 Å². The van der Waals surface area contributed by atoms with Crippen molar-refractivity contribution < 1.29 is 4.42 Å². The van der Waals surface area contributed by atoms with Gasteiger partial charge in [0.15, 0.2) is 0 Å². The van der Waals surface area contributed by atoms with Crippen LogP contribution in [0.5, 0.6) is 0 Å². The van der Waals surface area contributed by atoms with E-state index in [-0.39, 0.29) is 0 Å². The Morgan fingerprint density at radius 1 is 1.09 bits per heavy atom. The molecule has 0 amide bonds. The molecule has 3 aromatic rings. The minimum atomic E-state index is 0.504. The molecule has 0 aliphatic carbocycles. The van der Waals surface area contributed by atoms with E-state index in [2.05, 4.69) is 22.0 Å². The van der Waals surface area contributed by atoms with E-state index < -0.39 is 0 Å². The van der Waals surface area contributed by atoms with Crippen molar-refractivity contribution in [2.75, 3.05) is 0 Å². The number of allylic oxidation sites excluding steroid dienone is 1. The lowest BCUT2D eigenvalue weighted by Crippen LogP contribution is -1.81. The third-order valence-electron chi connectivity index (χ3n) is 3.30. The van der Waals surface area contributed by atoms with Crippen molar-refractivity contribution in [2.45, 2.75) is 0 Å². The van der Waals surface area contributed by atoms with Crippen LogP contribution in [-0.2, 0) is 0 Å². The summed E-state index contributed by atoms with van der Waals surface area (Å²) < 4.78 is 6.83. The second-order valence-corrected chi connectivity index (χ2v) is 6.24. The lowest BCUT2D eigenvalue weighted by Gasteiger charge is -1.99. The van der Waals surface area contributed by atoms with Gasteiger partial charge in [-0.2, -0.15) is 5.26 Å². The zero-order chi connectivity index (χ0) is 16.2. The molecule has 23 heavy (non-hydrogen) atoms. The molecule has 3 rings (SSSR count). The van der Waals surface area contributed by atoms with Crippen LogP contribution in [0.3, 0.4) is 0 Å². The fourth-order valence-corrected chi connectivity index (χ4v) is 2.63. The molecule has 0 aliphatic heterocycles. The van der Waals surface area contributed by atoms with Gasteiger partial charge in [-0.3, -0.25) is 0 Å². The molecule has 0 bridgehead atoms. The molecule has 0 atom stereocenters. The van der Waals surface area contributed by atoms with Crippen LogP contribution in [0.1, 0.15) is 11.3 Å². The summed E-state index contributed by atoms with van der Waals surface area (Å²) in [6, 6.07) is 21.0. The third-order valence-corrected chi connectivity index (χ3v) is 4.06. The second kappa shape index (κ2) is 6.87. The Morgan fingerprint density at radius 3 is 2.57 bits per heavy atom. The molecule has 4 heteroatoms. The van der Waals surface area contributed by atoms with Crippen LogP contribution in [-0.4, -0.2) is 0 Å². The molecule has 0 saturated heterocycles. The molecule has 0 N–H and O–H groups in total. The maximum absolute atomic E-state index is 9.38. The standard InChI is InChI=1S/C19H11BrClNO/c20-16-6-4-13(5-7-16)19-9-8-18(23-19)11-15(12-22)14-2-1-3-17(21)10-14/h1-11H. The highest BCUT2D eigenvalue weighted by atomic mass is 79.9. The number of nitriles is 1. The van der Waals surface area contributed by atoms with Gasteiger partial charge in [0.25, 0.3) is 0 Å². The predicted octanol–water partition coefficient (Wildman–Crippen LogP) is 6.43. The molecule has 2 aromatic carbocycles. The lowest BCUT2D eigenvalue weighted by atomic mass is 10.1. The lowest BCUT2D eigenvalue weighted by molar-refractivity contribution is 0.572. The molecule has 0 fully saturated rings. The zero-order valence-electron chi connectivity index (χ0n) is 12.0. The van der Waals surface area contributed by atoms with Crippen LogP contribution in [0.4, 0.5) is 0 Å². The second-order valence-electron chi connectivity index (χ2n) is 4.89. The van der Waals surface area contributed by atoms with Crippen molar-refractivity contribution in [1.29, 1.82) is 5.26 Å². The SMILES string of the molecule is N#CC(=Cc1ccc(-c2ccc(Br)cc2)o1)c1cccc(Cl)c1. The quantitative estimate of drug-likeness (QED) is 0.488. The van der Waals surface area contributed by atoms with Crippen LogP contribution in [0.15, 0.2) is 69.6 Å². The Kier molecular flexibility index (Phi) is 4.66. The first-order chi connectivity index (χ1) is 11.2. The molecule has 0 saturated carbocycles. The summed E-state index contributed by atoms with van der Waals surface area (Å²) >= 11 is 9.39. The monoisotopic (exact) mass is 383 g/mol. The van der Waals surface area contributed by atoms with Gasteiger partial charge in [0.05, 0.1) is 11.6 Å². The number of furan rings is 1. The van der Waals surface area contributed by atoms with Gasteiger partial charge < -0.3 is 4.42 Å². The number of hydrogen-bond donors (Lipinski definition) is 0. The highest BCUT2D eigenvalue weighted by molar-refractivity contribution is 9.10. The van der Waals surface area contributed by atoms with Crippen molar-refractivity contribution in [3.8, 4) is 17.4 Å². The summed E-state index contributed by atoms with van der Waals surface area (Å²) in [4.78, 5) is 0. The third kappa shape index (κ3) is 3.73. The Labute approximate surface area is 147 Å². The highest BCUT2D eigenvalue weighted by Crippen LogP contribution is 2.27. The summed E-state index contributed by atoms with van der Waals surface area (Å²) in [7, 11) is 0. The van der Waals surface area contributed by atoms with Crippen molar-refractivity contribution in [3.63, 3.8) is 0 Å². The van der Waals surface area contributed by atoms with Crippen molar-refractivity contribution in [3.05, 3.63) is 81.5 Å². The number of halogens is 2. The van der Waals surface area contributed by atoms with Gasteiger partial charge in [-0.1, -0.05) is 51.8 Å². The van der Waals surface area contributed by atoms with Crippen molar-refractivity contribution in [2.24, 2.45) is 0 Å². The molecular formula is C19H11BrClNO. The van der Waals surface area contributed by atoms with Crippen LogP contribution in [0, 0.1) is 11.3 Å². The Morgan fingerprint density at radius 2 is 1.87 bits per heavy atom. The van der Waals surface area contributed by atoms with E-state index in [0.29, 0.717) is 16.4 Å². The van der Waals surface area contributed by atoms with Crippen molar-refractivity contribution in [1.82, 2.24) is 0 Å². The smallest absolute Gasteiger partial charge is 0.134 e. The summed E-state index contributed by atoms with van der Waals surface area (Å²) in [5, 5.41) is 9.97. The molecule has 0 aliphatic rings. The zero-order valence-corrected chi connectivity index (χ0v) is 14.3. The summed E-state index contributed by atoms with van der Waals surface area (Å²) in [5.41, 5.74) is 2.25. The summed E-state index contributed by atoms with van der Waals surface area (Å²) in [5.74, 6) is 1.38. The minimum absolute atomic E-state index is 0.504. The van der Waals surface area contributed by atoms with Crippen LogP contribution in [0.2, 0.25) is 5.02 Å². The fourth-order valence-electron chi connectivity index (χ4n) is 2.18. The Hall–Kier alpha value is -2.28. The van der Waals surface area contributed by atoms with Gasteiger partial charge >= 0.3 is 0 Å². The van der Waals surface area contributed by atoms with E-state index in [1.165, 1.54) is 0 Å². The fraction of sp³-hybridized carbons (Fsp3) is 0. The normalized spacial score (nSPS) is 11.3. The van der Waals surface area contributed by atoms with Crippen LogP contribution >= 0.6 is 27.5 Å². The van der Waals surface area contributed by atoms with Gasteiger partial charge in [-0.15, -0.1) is 0 Å². The Bertz CT molecular complexity index is 904. The van der Waals surface area contributed by atoms with E-state index in [4.69, 9.17) is 16.0 Å². The van der Waals surface area contributed by atoms with E-state index >= 15 is 0 Å². The van der Waals surface area contributed by atoms with E-state index in [1.807, 2.05) is 48.5 Å². The predicted molar refractivity (Wildman–Crippen MR) is 96.8 cm³/mol. The average Bonchev–Trinajstić information content (AvgIpc) is 3.02. The summed E-state index contributed by atoms with van der Waals surface area (Å²) in [6.07, 6.45) is 1.72. The molecule has 0 spiro atoms. The van der Waals surface area contributed by atoms with Gasteiger partial charge in [-0.25, -0.2) is 0 Å². The molecular weight excluding hydrogens is 374 g/mol. The summed E-state index contributed by atoms with van der Waals surface area (Å²) in [6.45, 7) is 0. The van der Waals surface area contributed by atoms with Gasteiger partial charge in [0, 0.05) is 15.1 Å². The Balaban J connectivity index is 1.93. The maximum Gasteiger partial charge on any atom is 0.134 e. The van der Waals surface area contributed by atoms with Gasteiger partial charge in [-0.05, 0) is 48.0 Å². The first-order valence-corrected chi connectivity index (χ1v) is 8.06. The first-order valence-electron chi connectivity index (χ1n) is 6.89. The molecule has 112 valence electrons. The van der Waals surface area contributed by atoms with Gasteiger partial charge in [0.1, 0.15) is 11.5 Å². The average molecular weight is 385 g/mol. The van der Waals surface area contributed by atoms with Crippen molar-refractivity contribution >= 4 is 39.2 Å². The van der Waals surface area contributed by atoms with E-state index in [9.17, 15) is 5.26 Å². The highest BCUT2D eigenvalue weighted by Gasteiger charge is 2.06. The number of hydrogen-bond acceptors (Lipinski definition) is 2. The molecule has 1 aromatic heterocycles.